The van der Waals surface area contributed by atoms with Crippen LogP contribution in [0.4, 0.5) is 22.7 Å². The smallest absolute Gasteiger partial charge is 0.257 e. The zero-order valence-electron chi connectivity index (χ0n) is 18.2. The van der Waals surface area contributed by atoms with Gasteiger partial charge in [0.05, 0.1) is 21.2 Å². The summed E-state index contributed by atoms with van der Waals surface area (Å²) in [5, 5.41) is 6.25. The number of halogens is 2. The fraction of sp³-hybridized carbons (Fsp3) is 0. The molecule has 176 valence electrons. The van der Waals surface area contributed by atoms with Gasteiger partial charge in [0.25, 0.3) is 11.8 Å². The lowest BCUT2D eigenvalue weighted by atomic mass is 10.2. The van der Waals surface area contributed by atoms with Gasteiger partial charge in [-0.2, -0.15) is 0 Å². The molecule has 0 bridgehead atoms. The second kappa shape index (κ2) is 10.7. The standard InChI is InChI=1S/C26H20Cl2N4O2S/c27-23-13-15(29)1-11-21(23)25(33)31-17-3-7-19(8-4-17)35-20-9-5-18(6-10-20)32-26(34)22-12-2-16(30)14-24(22)28/h1-14H,29-30H2,(H,31,33)(H,32,34). The van der Waals surface area contributed by atoms with Crippen molar-refractivity contribution in [3.63, 3.8) is 0 Å². The molecule has 0 saturated heterocycles. The van der Waals surface area contributed by atoms with Crippen molar-refractivity contribution >= 4 is 69.5 Å². The molecule has 0 unspecified atom stereocenters. The van der Waals surface area contributed by atoms with E-state index in [2.05, 4.69) is 10.6 Å². The highest BCUT2D eigenvalue weighted by atomic mass is 35.5. The number of anilines is 4. The van der Waals surface area contributed by atoms with Crippen LogP contribution in [-0.4, -0.2) is 11.8 Å². The summed E-state index contributed by atoms with van der Waals surface area (Å²) in [5.74, 6) is -0.624. The Labute approximate surface area is 216 Å². The molecular weight excluding hydrogens is 503 g/mol. The van der Waals surface area contributed by atoms with Gasteiger partial charge in [0.2, 0.25) is 0 Å². The first kappa shape index (κ1) is 24.5. The summed E-state index contributed by atoms with van der Waals surface area (Å²) in [6.07, 6.45) is 0. The number of benzene rings is 4. The monoisotopic (exact) mass is 522 g/mol. The number of carbonyl (C=O) groups is 2. The van der Waals surface area contributed by atoms with Crippen molar-refractivity contribution in [2.24, 2.45) is 0 Å². The van der Waals surface area contributed by atoms with Crippen molar-refractivity contribution in [2.75, 3.05) is 22.1 Å². The third-order valence-electron chi connectivity index (χ3n) is 4.94. The van der Waals surface area contributed by atoms with Crippen LogP contribution in [-0.2, 0) is 0 Å². The van der Waals surface area contributed by atoms with Crippen LogP contribution in [0, 0.1) is 0 Å². The number of nitrogens with one attached hydrogen (secondary N) is 2. The van der Waals surface area contributed by atoms with Gasteiger partial charge in [0, 0.05) is 32.5 Å². The Morgan fingerprint density at radius 2 is 0.971 bits per heavy atom. The number of amides is 2. The number of hydrogen-bond donors (Lipinski definition) is 4. The van der Waals surface area contributed by atoms with E-state index in [9.17, 15) is 9.59 Å². The lowest BCUT2D eigenvalue weighted by molar-refractivity contribution is 0.101. The molecule has 0 radical (unpaired) electrons. The van der Waals surface area contributed by atoms with Crippen LogP contribution in [0.1, 0.15) is 20.7 Å². The van der Waals surface area contributed by atoms with E-state index in [1.165, 1.54) is 0 Å². The van der Waals surface area contributed by atoms with Crippen molar-refractivity contribution in [3.8, 4) is 0 Å². The minimum absolute atomic E-state index is 0.297. The number of carbonyl (C=O) groups excluding carboxylic acids is 2. The van der Waals surface area contributed by atoms with Gasteiger partial charge in [-0.15, -0.1) is 0 Å². The van der Waals surface area contributed by atoms with E-state index < -0.39 is 0 Å². The highest BCUT2D eigenvalue weighted by Crippen LogP contribution is 2.30. The first-order chi connectivity index (χ1) is 16.8. The molecular formula is C26H20Cl2N4O2S. The molecule has 0 heterocycles. The third kappa shape index (κ3) is 6.27. The molecule has 6 N–H and O–H groups in total. The molecule has 0 fully saturated rings. The molecule has 9 heteroatoms. The Bertz CT molecular complexity index is 1290. The molecule has 0 saturated carbocycles. The van der Waals surface area contributed by atoms with Crippen molar-refractivity contribution in [3.05, 3.63) is 106 Å². The minimum Gasteiger partial charge on any atom is -0.399 e. The average Bonchev–Trinajstić information content (AvgIpc) is 2.81. The molecule has 4 aromatic rings. The number of nitrogens with two attached hydrogens (primary N) is 2. The van der Waals surface area contributed by atoms with Crippen molar-refractivity contribution in [2.45, 2.75) is 9.79 Å². The maximum Gasteiger partial charge on any atom is 0.257 e. The van der Waals surface area contributed by atoms with E-state index in [1.807, 2.05) is 48.5 Å². The van der Waals surface area contributed by atoms with Crippen LogP contribution in [0.5, 0.6) is 0 Å². The summed E-state index contributed by atoms with van der Waals surface area (Å²) in [6, 6.07) is 24.4. The SMILES string of the molecule is Nc1ccc(C(=O)Nc2ccc(Sc3ccc(NC(=O)c4ccc(N)cc4Cl)cc3)cc2)c(Cl)c1. The maximum absolute atomic E-state index is 12.5. The lowest BCUT2D eigenvalue weighted by Gasteiger charge is -2.09. The Kier molecular flexibility index (Phi) is 7.51. The average molecular weight is 523 g/mol. The second-order valence-corrected chi connectivity index (χ2v) is 9.50. The quantitative estimate of drug-likeness (QED) is 0.208. The predicted octanol–water partition coefficient (Wildman–Crippen LogP) is 6.81. The minimum atomic E-state index is -0.312. The van der Waals surface area contributed by atoms with Gasteiger partial charge in [-0.25, -0.2) is 0 Å². The zero-order chi connectivity index (χ0) is 24.9. The first-order valence-electron chi connectivity index (χ1n) is 10.4. The summed E-state index contributed by atoms with van der Waals surface area (Å²) >= 11 is 13.8. The van der Waals surface area contributed by atoms with Gasteiger partial charge in [0.15, 0.2) is 0 Å². The Balaban J connectivity index is 1.35. The molecule has 0 aliphatic rings. The van der Waals surface area contributed by atoms with Crippen molar-refractivity contribution in [1.29, 1.82) is 0 Å². The van der Waals surface area contributed by atoms with Gasteiger partial charge < -0.3 is 22.1 Å². The molecule has 4 rings (SSSR count). The molecule has 0 aliphatic carbocycles. The third-order valence-corrected chi connectivity index (χ3v) is 6.58. The van der Waals surface area contributed by atoms with E-state index in [4.69, 9.17) is 34.7 Å². The van der Waals surface area contributed by atoms with Gasteiger partial charge in [-0.05, 0) is 84.9 Å². The molecule has 2 amide bonds. The van der Waals surface area contributed by atoms with Crippen LogP contribution in [0.15, 0.2) is 94.7 Å². The summed E-state index contributed by atoms with van der Waals surface area (Å²) < 4.78 is 0. The van der Waals surface area contributed by atoms with Gasteiger partial charge >= 0.3 is 0 Å². The molecule has 0 atom stereocenters. The summed E-state index contributed by atoms with van der Waals surface area (Å²) in [5.41, 5.74) is 14.3. The molecule has 6 nitrogen and oxygen atoms in total. The van der Waals surface area contributed by atoms with E-state index in [0.29, 0.717) is 43.9 Å². The normalized spacial score (nSPS) is 10.6. The fourth-order valence-electron chi connectivity index (χ4n) is 3.18. The van der Waals surface area contributed by atoms with Crippen LogP contribution >= 0.6 is 35.0 Å². The fourth-order valence-corrected chi connectivity index (χ4v) is 4.54. The summed E-state index contributed by atoms with van der Waals surface area (Å²) in [7, 11) is 0. The van der Waals surface area contributed by atoms with Crippen molar-refractivity contribution in [1.82, 2.24) is 0 Å². The number of nitrogen functional groups attached to an aromatic ring is 2. The van der Waals surface area contributed by atoms with E-state index >= 15 is 0 Å². The van der Waals surface area contributed by atoms with Crippen LogP contribution < -0.4 is 22.1 Å². The Morgan fingerprint density at radius 3 is 1.31 bits per heavy atom. The Morgan fingerprint density at radius 1 is 0.600 bits per heavy atom. The van der Waals surface area contributed by atoms with Crippen molar-refractivity contribution < 1.29 is 9.59 Å². The highest BCUT2D eigenvalue weighted by Gasteiger charge is 2.12. The molecule has 35 heavy (non-hydrogen) atoms. The maximum atomic E-state index is 12.5. The van der Waals surface area contributed by atoms with Crippen LogP contribution in [0.2, 0.25) is 10.0 Å². The van der Waals surface area contributed by atoms with Crippen LogP contribution in [0.3, 0.4) is 0 Å². The van der Waals surface area contributed by atoms with Gasteiger partial charge in [-0.3, -0.25) is 9.59 Å². The highest BCUT2D eigenvalue weighted by molar-refractivity contribution is 7.99. The summed E-state index contributed by atoms with van der Waals surface area (Å²) in [6.45, 7) is 0. The molecule has 0 aliphatic heterocycles. The largest absolute Gasteiger partial charge is 0.399 e. The predicted molar refractivity (Wildman–Crippen MR) is 145 cm³/mol. The molecule has 0 aromatic heterocycles. The van der Waals surface area contributed by atoms with Gasteiger partial charge in [-0.1, -0.05) is 35.0 Å². The number of hydrogen-bond acceptors (Lipinski definition) is 5. The van der Waals surface area contributed by atoms with Crippen LogP contribution in [0.25, 0.3) is 0 Å². The number of rotatable bonds is 6. The molecule has 0 spiro atoms. The zero-order valence-corrected chi connectivity index (χ0v) is 20.5. The Hall–Kier alpha value is -3.65. The van der Waals surface area contributed by atoms with E-state index in [0.717, 1.165) is 9.79 Å². The van der Waals surface area contributed by atoms with Gasteiger partial charge in [0.1, 0.15) is 0 Å². The second-order valence-electron chi connectivity index (χ2n) is 7.54. The first-order valence-corrected chi connectivity index (χ1v) is 12.0. The summed E-state index contributed by atoms with van der Waals surface area (Å²) in [4.78, 5) is 26.9. The molecule has 4 aromatic carbocycles. The topological polar surface area (TPSA) is 110 Å². The van der Waals surface area contributed by atoms with E-state index in [1.54, 1.807) is 48.2 Å². The lowest BCUT2D eigenvalue weighted by Crippen LogP contribution is -2.12. The van der Waals surface area contributed by atoms with E-state index in [-0.39, 0.29) is 11.8 Å².